The monoisotopic (exact) mass is 304 g/mol. The summed E-state index contributed by atoms with van der Waals surface area (Å²) >= 11 is 0. The molecule has 0 radical (unpaired) electrons. The third-order valence-electron chi connectivity index (χ3n) is 4.37. The number of benzene rings is 1. The number of carbonyl (C=O) groups is 1. The molecule has 2 unspecified atom stereocenters. The van der Waals surface area contributed by atoms with E-state index in [1.165, 1.54) is 0 Å². The normalized spacial score (nSPS) is 25.3. The van der Waals surface area contributed by atoms with Crippen LogP contribution in [0.3, 0.4) is 0 Å². The minimum Gasteiger partial charge on any atom is -0.378 e. The fraction of sp³-hybridized carbons (Fsp3) is 0.588. The number of ether oxygens (including phenoxy) is 2. The summed E-state index contributed by atoms with van der Waals surface area (Å²) in [5.41, 5.74) is 1.77. The van der Waals surface area contributed by atoms with E-state index in [4.69, 9.17) is 9.47 Å². The van der Waals surface area contributed by atoms with Gasteiger partial charge in [-0.3, -0.25) is 4.79 Å². The molecule has 1 amide bonds. The molecule has 2 saturated heterocycles. The summed E-state index contributed by atoms with van der Waals surface area (Å²) in [6, 6.07) is 7.76. The van der Waals surface area contributed by atoms with Crippen LogP contribution in [0.4, 0.5) is 5.69 Å². The lowest BCUT2D eigenvalue weighted by atomic mass is 10.1. The number of nitrogens with zero attached hydrogens (tertiary/aromatic N) is 2. The summed E-state index contributed by atoms with van der Waals surface area (Å²) in [4.78, 5) is 16.6. The Morgan fingerprint density at radius 1 is 1.23 bits per heavy atom. The smallest absolute Gasteiger partial charge is 0.254 e. The molecule has 0 N–H and O–H groups in total. The van der Waals surface area contributed by atoms with Gasteiger partial charge in [0.2, 0.25) is 0 Å². The SMILES string of the molecule is CN(C)c1cccc(C(=O)N2CCOC(C3CCCO3)C2)c1. The van der Waals surface area contributed by atoms with Crippen LogP contribution in [-0.2, 0) is 9.47 Å². The zero-order chi connectivity index (χ0) is 15.5. The Morgan fingerprint density at radius 2 is 2.05 bits per heavy atom. The second-order valence-corrected chi connectivity index (χ2v) is 6.16. The van der Waals surface area contributed by atoms with Crippen LogP contribution in [-0.4, -0.2) is 63.4 Å². The first-order chi connectivity index (χ1) is 10.6. The van der Waals surface area contributed by atoms with E-state index >= 15 is 0 Å². The molecule has 2 aliphatic rings. The van der Waals surface area contributed by atoms with Crippen molar-refractivity contribution in [3.05, 3.63) is 29.8 Å². The van der Waals surface area contributed by atoms with Crippen LogP contribution in [0.15, 0.2) is 24.3 Å². The molecule has 0 aliphatic carbocycles. The van der Waals surface area contributed by atoms with Crippen LogP contribution in [0.25, 0.3) is 0 Å². The Bertz CT molecular complexity index is 526. The highest BCUT2D eigenvalue weighted by Crippen LogP contribution is 2.22. The highest BCUT2D eigenvalue weighted by molar-refractivity contribution is 5.95. The Hall–Kier alpha value is -1.59. The van der Waals surface area contributed by atoms with Crippen LogP contribution in [0.2, 0.25) is 0 Å². The van der Waals surface area contributed by atoms with Crippen LogP contribution in [0, 0.1) is 0 Å². The van der Waals surface area contributed by atoms with Crippen molar-refractivity contribution in [2.45, 2.75) is 25.0 Å². The lowest BCUT2D eigenvalue weighted by molar-refractivity contribution is -0.0867. The summed E-state index contributed by atoms with van der Waals surface area (Å²) in [7, 11) is 3.96. The van der Waals surface area contributed by atoms with Crippen molar-refractivity contribution in [1.29, 1.82) is 0 Å². The molecule has 5 heteroatoms. The van der Waals surface area contributed by atoms with Gasteiger partial charge in [0.15, 0.2) is 0 Å². The van der Waals surface area contributed by atoms with Gasteiger partial charge in [0.05, 0.1) is 12.7 Å². The third kappa shape index (κ3) is 3.25. The van der Waals surface area contributed by atoms with Crippen molar-refractivity contribution < 1.29 is 14.3 Å². The van der Waals surface area contributed by atoms with E-state index in [2.05, 4.69) is 0 Å². The standard InChI is InChI=1S/C17H24N2O3/c1-18(2)14-6-3-5-13(11-14)17(20)19-8-10-22-16(12-19)15-7-4-9-21-15/h3,5-6,11,15-16H,4,7-10,12H2,1-2H3. The number of hydrogen-bond donors (Lipinski definition) is 0. The van der Waals surface area contributed by atoms with Crippen molar-refractivity contribution in [2.24, 2.45) is 0 Å². The molecule has 5 nitrogen and oxygen atoms in total. The van der Waals surface area contributed by atoms with E-state index in [1.54, 1.807) is 0 Å². The topological polar surface area (TPSA) is 42.0 Å². The maximum absolute atomic E-state index is 12.7. The molecule has 2 fully saturated rings. The average molecular weight is 304 g/mol. The molecule has 120 valence electrons. The number of anilines is 1. The van der Waals surface area contributed by atoms with E-state index in [9.17, 15) is 4.79 Å². The zero-order valence-electron chi connectivity index (χ0n) is 13.3. The van der Waals surface area contributed by atoms with Crippen LogP contribution in [0.1, 0.15) is 23.2 Å². The van der Waals surface area contributed by atoms with Gasteiger partial charge in [0, 0.05) is 45.0 Å². The first-order valence-electron chi connectivity index (χ1n) is 7.95. The molecule has 0 aromatic heterocycles. The number of hydrogen-bond acceptors (Lipinski definition) is 4. The molecule has 0 spiro atoms. The van der Waals surface area contributed by atoms with Gasteiger partial charge in [-0.05, 0) is 31.0 Å². The minimum absolute atomic E-state index is 0.0113. The lowest BCUT2D eigenvalue weighted by Gasteiger charge is -2.35. The van der Waals surface area contributed by atoms with E-state index in [-0.39, 0.29) is 18.1 Å². The number of rotatable bonds is 3. The van der Waals surface area contributed by atoms with E-state index in [0.717, 1.165) is 30.7 Å². The summed E-state index contributed by atoms with van der Waals surface area (Å²) in [5, 5.41) is 0. The van der Waals surface area contributed by atoms with Gasteiger partial charge in [0.25, 0.3) is 5.91 Å². The second kappa shape index (κ2) is 6.67. The van der Waals surface area contributed by atoms with E-state index in [1.807, 2.05) is 48.2 Å². The van der Waals surface area contributed by atoms with Gasteiger partial charge in [-0.25, -0.2) is 0 Å². The quantitative estimate of drug-likeness (QED) is 0.853. The molecule has 3 rings (SSSR count). The van der Waals surface area contributed by atoms with Gasteiger partial charge < -0.3 is 19.3 Å². The predicted molar refractivity (Wildman–Crippen MR) is 85.4 cm³/mol. The molecule has 22 heavy (non-hydrogen) atoms. The highest BCUT2D eigenvalue weighted by Gasteiger charge is 2.33. The number of morpholine rings is 1. The first kappa shape index (κ1) is 15.3. The molecule has 0 saturated carbocycles. The molecular formula is C17H24N2O3. The van der Waals surface area contributed by atoms with Crippen LogP contribution in [0.5, 0.6) is 0 Å². The summed E-state index contributed by atoms with van der Waals surface area (Å²) in [6.07, 6.45) is 2.27. The predicted octanol–water partition coefficient (Wildman–Crippen LogP) is 1.77. The van der Waals surface area contributed by atoms with Crippen molar-refractivity contribution in [2.75, 3.05) is 45.3 Å². The van der Waals surface area contributed by atoms with E-state index in [0.29, 0.717) is 19.7 Å². The van der Waals surface area contributed by atoms with Gasteiger partial charge in [-0.1, -0.05) is 6.07 Å². The Balaban J connectivity index is 1.69. The van der Waals surface area contributed by atoms with Gasteiger partial charge in [-0.2, -0.15) is 0 Å². The Morgan fingerprint density at radius 3 is 2.77 bits per heavy atom. The minimum atomic E-state index is 0.0113. The maximum Gasteiger partial charge on any atom is 0.254 e. The first-order valence-corrected chi connectivity index (χ1v) is 7.95. The zero-order valence-corrected chi connectivity index (χ0v) is 13.3. The fourth-order valence-electron chi connectivity index (χ4n) is 3.08. The largest absolute Gasteiger partial charge is 0.378 e. The molecule has 2 heterocycles. The third-order valence-corrected chi connectivity index (χ3v) is 4.37. The highest BCUT2D eigenvalue weighted by atomic mass is 16.5. The van der Waals surface area contributed by atoms with Gasteiger partial charge in [-0.15, -0.1) is 0 Å². The molecular weight excluding hydrogens is 280 g/mol. The fourth-order valence-corrected chi connectivity index (χ4v) is 3.08. The van der Waals surface area contributed by atoms with E-state index < -0.39 is 0 Å². The van der Waals surface area contributed by atoms with Gasteiger partial charge in [0.1, 0.15) is 6.10 Å². The van der Waals surface area contributed by atoms with Crippen molar-refractivity contribution in [1.82, 2.24) is 4.90 Å². The summed E-state index contributed by atoms with van der Waals surface area (Å²) in [6.45, 7) is 2.66. The molecule has 1 aromatic carbocycles. The maximum atomic E-state index is 12.7. The number of amides is 1. The average Bonchev–Trinajstić information content (AvgIpc) is 3.09. The Labute approximate surface area is 131 Å². The number of carbonyl (C=O) groups excluding carboxylic acids is 1. The Kier molecular flexibility index (Phi) is 4.64. The van der Waals surface area contributed by atoms with Crippen LogP contribution < -0.4 is 4.90 Å². The molecule has 2 atom stereocenters. The molecule has 2 aliphatic heterocycles. The van der Waals surface area contributed by atoms with Crippen LogP contribution >= 0.6 is 0 Å². The summed E-state index contributed by atoms with van der Waals surface area (Å²) in [5.74, 6) is 0.0787. The molecule has 1 aromatic rings. The lowest BCUT2D eigenvalue weighted by Crippen LogP contribution is -2.49. The molecule has 0 bridgehead atoms. The summed E-state index contributed by atoms with van der Waals surface area (Å²) < 4.78 is 11.5. The van der Waals surface area contributed by atoms with Crippen molar-refractivity contribution in [3.8, 4) is 0 Å². The van der Waals surface area contributed by atoms with Gasteiger partial charge >= 0.3 is 0 Å². The van der Waals surface area contributed by atoms with Crippen molar-refractivity contribution in [3.63, 3.8) is 0 Å². The van der Waals surface area contributed by atoms with Crippen molar-refractivity contribution >= 4 is 11.6 Å². The second-order valence-electron chi connectivity index (χ2n) is 6.16.